The normalized spacial score (nSPS) is 14.8. The van der Waals surface area contributed by atoms with E-state index in [1.165, 1.54) is 11.8 Å². The van der Waals surface area contributed by atoms with Gasteiger partial charge in [-0.1, -0.05) is 23.7 Å². The van der Waals surface area contributed by atoms with E-state index in [2.05, 4.69) is 0 Å². The molecule has 14 heavy (non-hydrogen) atoms. The maximum Gasteiger partial charge on any atom is 0.324 e. The van der Waals surface area contributed by atoms with Gasteiger partial charge in [0.2, 0.25) is 0 Å². The molecule has 1 unspecified atom stereocenters. The monoisotopic (exact) mass is 230 g/mol. The molecule has 0 aliphatic heterocycles. The van der Waals surface area contributed by atoms with Crippen molar-refractivity contribution in [3.05, 3.63) is 34.9 Å². The van der Waals surface area contributed by atoms with Crippen molar-refractivity contribution >= 4 is 29.3 Å². The van der Waals surface area contributed by atoms with Gasteiger partial charge < -0.3 is 5.11 Å². The number of thioether (sulfide) groups is 1. The number of halogens is 1. The smallest absolute Gasteiger partial charge is 0.324 e. The van der Waals surface area contributed by atoms with Gasteiger partial charge in [-0.25, -0.2) is 0 Å². The van der Waals surface area contributed by atoms with Gasteiger partial charge in [-0.15, -0.1) is 11.8 Å². The minimum atomic E-state index is -0.926. The van der Waals surface area contributed by atoms with Gasteiger partial charge in [-0.3, -0.25) is 4.79 Å². The first-order chi connectivity index (χ1) is 6.50. The molecule has 0 radical (unpaired) electrons. The molecule has 1 N–H and O–H groups in total. The number of hydrogen-bond donors (Lipinski definition) is 1. The van der Waals surface area contributed by atoms with Crippen molar-refractivity contribution in [3.8, 4) is 0 Å². The number of carboxylic acids is 1. The highest BCUT2D eigenvalue weighted by Crippen LogP contribution is 2.35. The summed E-state index contributed by atoms with van der Waals surface area (Å²) in [5.74, 6) is -0.854. The van der Waals surface area contributed by atoms with Crippen LogP contribution in [0.5, 0.6) is 0 Å². The molecule has 0 aliphatic carbocycles. The van der Waals surface area contributed by atoms with Crippen LogP contribution in [0, 0.1) is 0 Å². The van der Waals surface area contributed by atoms with Gasteiger partial charge in [-0.2, -0.15) is 0 Å². The fourth-order valence-electron chi connectivity index (χ4n) is 1.11. The molecule has 1 atom stereocenters. The van der Waals surface area contributed by atoms with Crippen LogP contribution >= 0.6 is 23.4 Å². The summed E-state index contributed by atoms with van der Waals surface area (Å²) in [6, 6.07) is 6.95. The summed E-state index contributed by atoms with van der Waals surface area (Å²) in [6.07, 6.45) is 1.77. The van der Waals surface area contributed by atoms with Crippen LogP contribution in [0.25, 0.3) is 0 Å². The molecule has 0 saturated carbocycles. The number of aliphatic carboxylic acids is 1. The summed E-state index contributed by atoms with van der Waals surface area (Å²) >= 11 is 7.09. The van der Waals surface area contributed by atoms with Crippen LogP contribution in [0.3, 0.4) is 0 Å². The highest BCUT2D eigenvalue weighted by atomic mass is 35.5. The lowest BCUT2D eigenvalue weighted by molar-refractivity contribution is -0.139. The summed E-state index contributed by atoms with van der Waals surface area (Å²) in [6.45, 7) is 1.67. The van der Waals surface area contributed by atoms with Crippen LogP contribution in [0.15, 0.2) is 24.3 Å². The van der Waals surface area contributed by atoms with Crippen LogP contribution in [-0.2, 0) is 9.54 Å². The molecule has 0 spiro atoms. The molecule has 1 aromatic rings. The minimum Gasteiger partial charge on any atom is -0.480 e. The van der Waals surface area contributed by atoms with E-state index in [1.807, 2.05) is 0 Å². The predicted octanol–water partition coefficient (Wildman–Crippen LogP) is 3.00. The third kappa shape index (κ3) is 2.04. The number of carboxylic acid groups (broad SMARTS) is 1. The zero-order chi connectivity index (χ0) is 10.8. The summed E-state index contributed by atoms with van der Waals surface area (Å²) in [5.41, 5.74) is 0.713. The van der Waals surface area contributed by atoms with Crippen LogP contribution < -0.4 is 0 Å². The highest BCUT2D eigenvalue weighted by molar-refractivity contribution is 8.00. The van der Waals surface area contributed by atoms with Crippen molar-refractivity contribution in [2.24, 2.45) is 0 Å². The van der Waals surface area contributed by atoms with Crippen molar-refractivity contribution in [1.82, 2.24) is 0 Å². The van der Waals surface area contributed by atoms with Gasteiger partial charge >= 0.3 is 5.97 Å². The Kier molecular flexibility index (Phi) is 3.45. The standard InChI is InChI=1S/C10H11ClO2S/c1-10(14-2,9(12)13)7-4-3-5-8(11)6-7/h3-6H,1-2H3,(H,12,13). The molecule has 0 heterocycles. The SMILES string of the molecule is CSC(C)(C(=O)O)c1cccc(Cl)c1. The zero-order valence-electron chi connectivity index (χ0n) is 7.95. The second-order valence-electron chi connectivity index (χ2n) is 3.05. The fraction of sp³-hybridized carbons (Fsp3) is 0.300. The van der Waals surface area contributed by atoms with E-state index < -0.39 is 10.7 Å². The topological polar surface area (TPSA) is 37.3 Å². The van der Waals surface area contributed by atoms with Gasteiger partial charge in [0.15, 0.2) is 0 Å². The van der Waals surface area contributed by atoms with E-state index in [0.29, 0.717) is 10.6 Å². The van der Waals surface area contributed by atoms with Crippen LogP contribution in [0.2, 0.25) is 5.02 Å². The summed E-state index contributed by atoms with van der Waals surface area (Å²) < 4.78 is -0.926. The fourth-order valence-corrected chi connectivity index (χ4v) is 1.84. The Bertz CT molecular complexity index is 354. The minimum absolute atomic E-state index is 0.559. The van der Waals surface area contributed by atoms with Gasteiger partial charge in [0.05, 0.1) is 0 Å². The molecular weight excluding hydrogens is 220 g/mol. The lowest BCUT2D eigenvalue weighted by Gasteiger charge is -2.22. The Morgan fingerprint density at radius 2 is 2.21 bits per heavy atom. The lowest BCUT2D eigenvalue weighted by atomic mass is 10.0. The second-order valence-corrected chi connectivity index (χ2v) is 4.71. The van der Waals surface area contributed by atoms with E-state index >= 15 is 0 Å². The largest absolute Gasteiger partial charge is 0.480 e. The quantitative estimate of drug-likeness (QED) is 0.868. The third-order valence-electron chi connectivity index (χ3n) is 2.19. The zero-order valence-corrected chi connectivity index (χ0v) is 9.52. The van der Waals surface area contributed by atoms with E-state index in [0.717, 1.165) is 0 Å². The van der Waals surface area contributed by atoms with Crippen molar-refractivity contribution in [2.45, 2.75) is 11.7 Å². The van der Waals surface area contributed by atoms with Crippen molar-refractivity contribution in [1.29, 1.82) is 0 Å². The molecule has 0 saturated heterocycles. The van der Waals surface area contributed by atoms with Gasteiger partial charge in [0.1, 0.15) is 4.75 Å². The van der Waals surface area contributed by atoms with Crippen molar-refractivity contribution < 1.29 is 9.90 Å². The van der Waals surface area contributed by atoms with Gasteiger partial charge in [-0.05, 0) is 30.9 Å². The first-order valence-electron chi connectivity index (χ1n) is 4.05. The Hall–Kier alpha value is -0.670. The van der Waals surface area contributed by atoms with E-state index in [9.17, 15) is 4.79 Å². The summed E-state index contributed by atoms with van der Waals surface area (Å²) in [4.78, 5) is 11.1. The molecule has 0 bridgehead atoms. The number of benzene rings is 1. The molecule has 0 aliphatic rings. The Morgan fingerprint density at radius 1 is 1.57 bits per heavy atom. The van der Waals surface area contributed by atoms with Crippen molar-refractivity contribution in [2.75, 3.05) is 6.26 Å². The highest BCUT2D eigenvalue weighted by Gasteiger charge is 2.34. The van der Waals surface area contributed by atoms with Crippen LogP contribution in [0.1, 0.15) is 12.5 Å². The van der Waals surface area contributed by atoms with Gasteiger partial charge in [0.25, 0.3) is 0 Å². The molecule has 0 fully saturated rings. The first-order valence-corrected chi connectivity index (χ1v) is 5.65. The van der Waals surface area contributed by atoms with Crippen molar-refractivity contribution in [3.63, 3.8) is 0 Å². The van der Waals surface area contributed by atoms with Crippen LogP contribution in [0.4, 0.5) is 0 Å². The van der Waals surface area contributed by atoms with Gasteiger partial charge in [0, 0.05) is 5.02 Å². The van der Waals surface area contributed by atoms with Crippen LogP contribution in [-0.4, -0.2) is 17.3 Å². The lowest BCUT2D eigenvalue weighted by Crippen LogP contribution is -2.28. The summed E-state index contributed by atoms with van der Waals surface area (Å²) in [7, 11) is 0. The molecule has 1 aromatic carbocycles. The second kappa shape index (κ2) is 4.24. The molecule has 1 rings (SSSR count). The molecule has 4 heteroatoms. The molecular formula is C10H11ClO2S. The van der Waals surface area contributed by atoms with E-state index in [-0.39, 0.29) is 0 Å². The summed E-state index contributed by atoms with van der Waals surface area (Å²) in [5, 5.41) is 9.67. The average molecular weight is 231 g/mol. The molecule has 76 valence electrons. The van der Waals surface area contributed by atoms with E-state index in [4.69, 9.17) is 16.7 Å². The van der Waals surface area contributed by atoms with E-state index in [1.54, 1.807) is 37.4 Å². The average Bonchev–Trinajstić information content (AvgIpc) is 2.16. The Balaban J connectivity index is 3.19. The number of hydrogen-bond acceptors (Lipinski definition) is 2. The molecule has 2 nitrogen and oxygen atoms in total. The Morgan fingerprint density at radius 3 is 2.64 bits per heavy atom. The molecule has 0 amide bonds. The Labute approximate surface area is 92.3 Å². The maximum absolute atomic E-state index is 11.1. The number of carbonyl (C=O) groups is 1. The first kappa shape index (κ1) is 11.4. The number of rotatable bonds is 3. The third-order valence-corrected chi connectivity index (χ3v) is 3.65. The predicted molar refractivity (Wildman–Crippen MR) is 60.0 cm³/mol. The molecule has 0 aromatic heterocycles. The maximum atomic E-state index is 11.1.